The molecule has 0 spiro atoms. The molecule has 7 N–H and O–H groups in total. The van der Waals surface area contributed by atoms with Crippen LogP contribution in [0.2, 0.25) is 0 Å². The van der Waals surface area contributed by atoms with Crippen molar-refractivity contribution in [2.45, 2.75) is 77.5 Å². The number of pyridine rings is 4. The van der Waals surface area contributed by atoms with E-state index in [0.717, 1.165) is 135 Å². The second kappa shape index (κ2) is 39.7. The monoisotopic (exact) mass is 1230 g/mol. The average Bonchev–Trinajstić information content (AvgIpc) is 3.41. The fourth-order valence-electron chi connectivity index (χ4n) is 9.76. The fraction of sp³-hybridized carbons (Fsp3) is 0.353. The number of aromatic nitrogens is 4. The second-order valence-electron chi connectivity index (χ2n) is 21.1. The summed E-state index contributed by atoms with van der Waals surface area (Å²) in [6.07, 6.45) is 20.8. The maximum absolute atomic E-state index is 9.39. The molecule has 0 bridgehead atoms. The van der Waals surface area contributed by atoms with Gasteiger partial charge >= 0.3 is 11.6 Å². The third-order valence-corrected chi connectivity index (χ3v) is 14.5. The van der Waals surface area contributed by atoms with Crippen LogP contribution in [-0.4, -0.2) is 115 Å². The molecule has 8 rings (SSSR count). The van der Waals surface area contributed by atoms with E-state index in [0.29, 0.717) is 45.0 Å². The number of aryl methyl sites for hydroxylation is 4. The standard InChI is InChI=1S/C36H48N8O4.C32H38N7O3/c45-26-22-42(23-27-46)34-14-10-31(11-15-34)37-39-33-8-7-19-41(30-33)18-4-1-2-5-20-44-21-6-3-9-36(44)40-38-32-12-16-35(17-13-32)43(24-28-47)25-29-48;40-24-22-38(23-25-41)30-14-10-27(11-15-30)34-36-32-9-3-6-21-39(32)20-5-2-1-4-18-37-19-7-8-29(26-37)35-33-28-12-16-31(42)17-13-28/h3,6-17,19,21,30,45-48H,1-2,4-5,18,20,22-29H2;3,6-17,19,21,26,40-41H,1-2,4-5,18,20,22-25H2/q+2;+1/p+1. The maximum Gasteiger partial charge on any atom is 0.350 e. The fourth-order valence-corrected chi connectivity index (χ4v) is 9.76. The maximum atomic E-state index is 9.39. The number of azo groups is 4. The molecule has 0 radical (unpaired) electrons. The molecule has 4 heterocycles. The first-order valence-electron chi connectivity index (χ1n) is 30.9. The minimum Gasteiger partial charge on any atom is -0.508 e. The van der Waals surface area contributed by atoms with Crippen LogP contribution in [0.5, 0.6) is 5.75 Å². The molecule has 0 fully saturated rings. The third kappa shape index (κ3) is 24.1. The lowest BCUT2D eigenvalue weighted by atomic mass is 10.2. The summed E-state index contributed by atoms with van der Waals surface area (Å²) in [7, 11) is 0. The van der Waals surface area contributed by atoms with E-state index in [9.17, 15) is 35.7 Å². The van der Waals surface area contributed by atoms with Gasteiger partial charge < -0.3 is 50.4 Å². The number of hydrogen-bond donors (Lipinski definition) is 7. The Labute approximate surface area is 527 Å². The van der Waals surface area contributed by atoms with Crippen LogP contribution in [0, 0.1) is 0 Å². The SMILES string of the molecule is OCCN(CCO)c1ccc(N=Nc2ccc[n+](CCCCCC[n+]3ccccc3N=Nc3ccc(N(CCO)CCO)cc3)c2)cc1.OCCN(CCO)c1ccc(N=Nc2cccc[n+]2CCCCCC[n+]2cccc(N=Nc3ccc(O)cc3)c2)cc1. The van der Waals surface area contributed by atoms with Gasteiger partial charge in [-0.2, -0.15) is 10.2 Å². The zero-order valence-electron chi connectivity index (χ0n) is 51.3. The normalized spacial score (nSPS) is 11.5. The Bertz CT molecular complexity index is 3410. The van der Waals surface area contributed by atoms with Gasteiger partial charge in [-0.3, -0.25) is 0 Å². The lowest BCUT2D eigenvalue weighted by Gasteiger charge is -2.22. The summed E-state index contributed by atoms with van der Waals surface area (Å²) < 4.78 is 8.53. The molecule has 22 heteroatoms. The number of benzene rings is 4. The first kappa shape index (κ1) is 68.3. The van der Waals surface area contributed by atoms with Crippen LogP contribution in [0.15, 0.2) is 236 Å². The van der Waals surface area contributed by atoms with E-state index in [1.54, 1.807) is 24.3 Å². The van der Waals surface area contributed by atoms with Crippen LogP contribution in [0.1, 0.15) is 51.4 Å². The number of aliphatic hydroxyl groups excluding tert-OH is 6. The quantitative estimate of drug-likeness (QED) is 0.0110. The molecule has 0 amide bonds. The van der Waals surface area contributed by atoms with E-state index in [4.69, 9.17) is 0 Å². The predicted octanol–water partition coefficient (Wildman–Crippen LogP) is 10.8. The number of phenols is 1. The van der Waals surface area contributed by atoms with Gasteiger partial charge in [0.1, 0.15) is 41.6 Å². The molecule has 0 saturated heterocycles. The van der Waals surface area contributed by atoms with Gasteiger partial charge in [0.05, 0.1) is 86.7 Å². The van der Waals surface area contributed by atoms with Gasteiger partial charge in [0, 0.05) is 93.4 Å². The minimum absolute atomic E-state index is 0.0229. The Morgan fingerprint density at radius 1 is 0.278 bits per heavy atom. The Morgan fingerprint density at radius 3 is 0.911 bits per heavy atom. The van der Waals surface area contributed by atoms with Crippen molar-refractivity contribution in [3.63, 3.8) is 0 Å². The number of aromatic hydroxyl groups is 1. The number of hydrogen-bond acceptors (Lipinski definition) is 18. The van der Waals surface area contributed by atoms with E-state index in [1.165, 1.54) is 0 Å². The molecule has 0 aliphatic rings. The highest BCUT2D eigenvalue weighted by molar-refractivity contribution is 5.55. The van der Waals surface area contributed by atoms with E-state index in [2.05, 4.69) is 65.4 Å². The molecule has 0 saturated carbocycles. The van der Waals surface area contributed by atoms with E-state index >= 15 is 0 Å². The Balaban J connectivity index is 0.000000258. The molecule has 472 valence electrons. The first-order valence-corrected chi connectivity index (χ1v) is 30.9. The lowest BCUT2D eigenvalue weighted by molar-refractivity contribution is -0.697. The molecule has 8 aromatic rings. The highest BCUT2D eigenvalue weighted by Gasteiger charge is 2.14. The van der Waals surface area contributed by atoms with E-state index in [-0.39, 0.29) is 45.4 Å². The van der Waals surface area contributed by atoms with Crippen molar-refractivity contribution in [2.24, 2.45) is 40.9 Å². The molecular formula is C68H87N15O7+4. The summed E-state index contributed by atoms with van der Waals surface area (Å²) in [6, 6.07) is 49.2. The van der Waals surface area contributed by atoms with Crippen LogP contribution in [0.4, 0.5) is 62.8 Å². The van der Waals surface area contributed by atoms with Gasteiger partial charge in [0.2, 0.25) is 0 Å². The van der Waals surface area contributed by atoms with Crippen molar-refractivity contribution < 1.29 is 54.0 Å². The van der Waals surface area contributed by atoms with E-state index < -0.39 is 0 Å². The molecule has 22 nitrogen and oxygen atoms in total. The zero-order valence-corrected chi connectivity index (χ0v) is 51.3. The molecule has 0 unspecified atom stereocenters. The number of anilines is 3. The molecular weight excluding hydrogens is 1140 g/mol. The van der Waals surface area contributed by atoms with Crippen LogP contribution in [-0.2, 0) is 26.2 Å². The summed E-state index contributed by atoms with van der Waals surface area (Å²) in [4.78, 5) is 5.77. The molecule has 90 heavy (non-hydrogen) atoms. The topological polar surface area (TPSA) is 266 Å². The number of aliphatic hydroxyl groups is 6. The lowest BCUT2D eigenvalue weighted by Crippen LogP contribution is -2.33. The van der Waals surface area contributed by atoms with Gasteiger partial charge in [-0.1, -0.05) is 12.1 Å². The molecule has 4 aromatic carbocycles. The summed E-state index contributed by atoms with van der Waals surface area (Å²) in [5.74, 6) is 1.81. The summed E-state index contributed by atoms with van der Waals surface area (Å²) >= 11 is 0. The number of nitrogens with zero attached hydrogens (tertiary/aromatic N) is 15. The van der Waals surface area contributed by atoms with Crippen molar-refractivity contribution in [3.05, 3.63) is 195 Å². The van der Waals surface area contributed by atoms with Crippen molar-refractivity contribution in [3.8, 4) is 5.75 Å². The Kier molecular flexibility index (Phi) is 30.1. The van der Waals surface area contributed by atoms with Crippen LogP contribution < -0.4 is 33.0 Å². The van der Waals surface area contributed by atoms with Crippen molar-refractivity contribution in [2.75, 3.05) is 93.6 Å². The summed E-state index contributed by atoms with van der Waals surface area (Å²) in [6.45, 7) is 6.46. The van der Waals surface area contributed by atoms with Crippen molar-refractivity contribution >= 4 is 62.8 Å². The summed E-state index contributed by atoms with van der Waals surface area (Å²) in [5.41, 5.74) is 7.24. The van der Waals surface area contributed by atoms with Gasteiger partial charge in [-0.05, 0) is 170 Å². The van der Waals surface area contributed by atoms with Crippen molar-refractivity contribution in [1.29, 1.82) is 0 Å². The molecule has 0 atom stereocenters. The van der Waals surface area contributed by atoms with Crippen LogP contribution in [0.25, 0.3) is 0 Å². The number of phenolic OH excluding ortho intramolecular Hbond substituents is 1. The van der Waals surface area contributed by atoms with Gasteiger partial charge in [0.15, 0.2) is 24.8 Å². The van der Waals surface area contributed by atoms with Crippen LogP contribution in [0.3, 0.4) is 0 Å². The van der Waals surface area contributed by atoms with E-state index in [1.807, 2.05) is 179 Å². The minimum atomic E-state index is 0.0229. The Hall–Kier alpha value is -9.16. The summed E-state index contributed by atoms with van der Waals surface area (Å²) in [5, 5.41) is 100. The van der Waals surface area contributed by atoms with Gasteiger partial charge in [-0.25, -0.2) is 18.3 Å². The highest BCUT2D eigenvalue weighted by atomic mass is 16.3. The molecule has 0 aliphatic heterocycles. The zero-order chi connectivity index (χ0) is 63.2. The largest absolute Gasteiger partial charge is 0.508 e. The van der Waals surface area contributed by atoms with Crippen molar-refractivity contribution in [1.82, 2.24) is 0 Å². The third-order valence-electron chi connectivity index (χ3n) is 14.5. The second-order valence-corrected chi connectivity index (χ2v) is 21.1. The number of unbranched alkanes of at least 4 members (excludes halogenated alkanes) is 6. The Morgan fingerprint density at radius 2 is 0.578 bits per heavy atom. The van der Waals surface area contributed by atoms with Gasteiger partial charge in [0.25, 0.3) is 0 Å². The van der Waals surface area contributed by atoms with Crippen LogP contribution >= 0.6 is 0 Å². The average molecular weight is 1230 g/mol. The highest BCUT2D eigenvalue weighted by Crippen LogP contribution is 2.26. The van der Waals surface area contributed by atoms with Gasteiger partial charge in [-0.15, -0.1) is 10.2 Å². The smallest absolute Gasteiger partial charge is 0.350 e. The number of rotatable bonds is 37. The molecule has 4 aromatic heterocycles. The predicted molar refractivity (Wildman–Crippen MR) is 347 cm³/mol. The first-order chi connectivity index (χ1) is 44.3. The molecule has 0 aliphatic carbocycles.